The third-order valence-electron chi connectivity index (χ3n) is 3.23. The Bertz CT molecular complexity index is 558. The van der Waals surface area contributed by atoms with Gasteiger partial charge in [0, 0.05) is 13.1 Å². The summed E-state index contributed by atoms with van der Waals surface area (Å²) in [6.45, 7) is 1.77. The van der Waals surface area contributed by atoms with Gasteiger partial charge in [-0.25, -0.2) is 0 Å². The Kier molecular flexibility index (Phi) is 2.55. The maximum atomic E-state index is 5.78. The molecule has 0 bridgehead atoms. The largest absolute Gasteiger partial charge is 0.479 e. The van der Waals surface area contributed by atoms with Gasteiger partial charge >= 0.3 is 0 Å². The number of methoxy groups -OCH3 is 1. The highest BCUT2D eigenvalue weighted by atomic mass is 16.5. The zero-order valence-electron chi connectivity index (χ0n) is 10.3. The van der Waals surface area contributed by atoms with Crippen molar-refractivity contribution in [3.63, 3.8) is 0 Å². The molecule has 1 aliphatic heterocycles. The lowest BCUT2D eigenvalue weighted by atomic mass is 10.1. The van der Waals surface area contributed by atoms with Crippen LogP contribution in [-0.2, 0) is 13.1 Å². The molecule has 0 fully saturated rings. The van der Waals surface area contributed by atoms with E-state index in [1.165, 1.54) is 11.1 Å². The smallest absolute Gasteiger partial charge is 0.238 e. The number of anilines is 2. The molecule has 0 saturated carbocycles. The Morgan fingerprint density at radius 3 is 2.39 bits per heavy atom. The van der Waals surface area contributed by atoms with Gasteiger partial charge in [-0.2, -0.15) is 4.98 Å². The highest BCUT2D eigenvalue weighted by Crippen LogP contribution is 2.29. The van der Waals surface area contributed by atoms with Gasteiger partial charge in [0.1, 0.15) is 5.82 Å². The topological polar surface area (TPSA) is 51.4 Å². The quantitative estimate of drug-likeness (QED) is 0.875. The Labute approximate surface area is 106 Å². The van der Waals surface area contributed by atoms with Gasteiger partial charge in [-0.15, -0.1) is 0 Å². The van der Waals surface area contributed by atoms with Gasteiger partial charge in [-0.05, 0) is 23.3 Å². The molecule has 0 aliphatic carbocycles. The first-order valence-corrected chi connectivity index (χ1v) is 5.90. The number of aromatic nitrogens is 1. The van der Waals surface area contributed by atoms with Crippen molar-refractivity contribution in [1.29, 1.82) is 0 Å². The summed E-state index contributed by atoms with van der Waals surface area (Å²) in [5.74, 6) is 1.39. The second-order valence-electron chi connectivity index (χ2n) is 4.39. The van der Waals surface area contributed by atoms with E-state index in [9.17, 15) is 0 Å². The van der Waals surface area contributed by atoms with Crippen LogP contribution in [0.5, 0.6) is 5.88 Å². The molecule has 18 heavy (non-hydrogen) atoms. The summed E-state index contributed by atoms with van der Waals surface area (Å²) in [7, 11) is 1.58. The van der Waals surface area contributed by atoms with Crippen molar-refractivity contribution in [2.24, 2.45) is 0 Å². The Morgan fingerprint density at radius 2 is 1.78 bits per heavy atom. The van der Waals surface area contributed by atoms with Gasteiger partial charge in [0.15, 0.2) is 0 Å². The molecule has 1 aromatic heterocycles. The number of nitrogen functional groups attached to an aromatic ring is 1. The van der Waals surface area contributed by atoms with E-state index in [-0.39, 0.29) is 0 Å². The lowest BCUT2D eigenvalue weighted by Crippen LogP contribution is -2.16. The molecule has 0 amide bonds. The molecular weight excluding hydrogens is 226 g/mol. The van der Waals surface area contributed by atoms with Crippen LogP contribution in [0, 0.1) is 0 Å². The maximum Gasteiger partial charge on any atom is 0.238 e. The van der Waals surface area contributed by atoms with Gasteiger partial charge in [0.25, 0.3) is 0 Å². The molecule has 2 heterocycles. The molecule has 1 aliphatic rings. The van der Waals surface area contributed by atoms with E-state index in [0.717, 1.165) is 18.9 Å². The molecule has 0 saturated heterocycles. The highest BCUT2D eigenvalue weighted by molar-refractivity contribution is 5.56. The maximum absolute atomic E-state index is 5.78. The van der Waals surface area contributed by atoms with E-state index >= 15 is 0 Å². The van der Waals surface area contributed by atoms with Crippen LogP contribution in [0.4, 0.5) is 11.5 Å². The minimum atomic E-state index is 0.489. The third kappa shape index (κ3) is 1.76. The molecule has 0 atom stereocenters. The predicted octanol–water partition coefficient (Wildman–Crippen LogP) is 2.19. The molecule has 2 N–H and O–H groups in total. The fourth-order valence-electron chi connectivity index (χ4n) is 2.28. The SMILES string of the molecule is COc1nc(N2Cc3ccccc3C2)ccc1N. The summed E-state index contributed by atoms with van der Waals surface area (Å²) in [5.41, 5.74) is 9.06. The Balaban J connectivity index is 1.90. The first-order valence-electron chi connectivity index (χ1n) is 5.90. The van der Waals surface area contributed by atoms with E-state index in [4.69, 9.17) is 10.5 Å². The predicted molar refractivity (Wildman–Crippen MR) is 71.5 cm³/mol. The highest BCUT2D eigenvalue weighted by Gasteiger charge is 2.20. The molecule has 92 valence electrons. The average molecular weight is 241 g/mol. The first-order chi connectivity index (χ1) is 8.78. The first kappa shape index (κ1) is 10.9. The van der Waals surface area contributed by atoms with Gasteiger partial charge in [0.2, 0.25) is 5.88 Å². The lowest BCUT2D eigenvalue weighted by Gasteiger charge is -2.17. The number of hydrogen-bond donors (Lipinski definition) is 1. The summed E-state index contributed by atoms with van der Waals surface area (Å²) >= 11 is 0. The van der Waals surface area contributed by atoms with Crippen molar-refractivity contribution in [2.75, 3.05) is 17.7 Å². The molecule has 4 nitrogen and oxygen atoms in total. The van der Waals surface area contributed by atoms with E-state index in [1.807, 2.05) is 12.1 Å². The molecule has 0 unspecified atom stereocenters. The Morgan fingerprint density at radius 1 is 1.11 bits per heavy atom. The summed E-state index contributed by atoms with van der Waals surface area (Å²) in [6, 6.07) is 12.2. The van der Waals surface area contributed by atoms with Gasteiger partial charge in [-0.3, -0.25) is 0 Å². The summed E-state index contributed by atoms with van der Waals surface area (Å²) in [5, 5.41) is 0. The van der Waals surface area contributed by atoms with Gasteiger partial charge < -0.3 is 15.4 Å². The minimum absolute atomic E-state index is 0.489. The summed E-state index contributed by atoms with van der Waals surface area (Å²) < 4.78 is 5.16. The van der Waals surface area contributed by atoms with Crippen molar-refractivity contribution < 1.29 is 4.74 Å². The van der Waals surface area contributed by atoms with Crippen molar-refractivity contribution in [2.45, 2.75) is 13.1 Å². The van der Waals surface area contributed by atoms with E-state index in [1.54, 1.807) is 7.11 Å². The Hall–Kier alpha value is -2.23. The zero-order valence-corrected chi connectivity index (χ0v) is 10.3. The zero-order chi connectivity index (χ0) is 12.5. The molecule has 3 rings (SSSR count). The number of pyridine rings is 1. The summed E-state index contributed by atoms with van der Waals surface area (Å²) in [4.78, 5) is 6.65. The fourth-order valence-corrected chi connectivity index (χ4v) is 2.28. The second-order valence-corrected chi connectivity index (χ2v) is 4.39. The van der Waals surface area contributed by atoms with Crippen LogP contribution in [0.25, 0.3) is 0 Å². The van der Waals surface area contributed by atoms with Crippen LogP contribution in [0.2, 0.25) is 0 Å². The number of hydrogen-bond acceptors (Lipinski definition) is 4. The van der Waals surface area contributed by atoms with Crippen molar-refractivity contribution in [1.82, 2.24) is 4.98 Å². The number of nitrogens with two attached hydrogens (primary N) is 1. The third-order valence-corrected chi connectivity index (χ3v) is 3.23. The fraction of sp³-hybridized carbons (Fsp3) is 0.214. The van der Waals surface area contributed by atoms with Gasteiger partial charge in [-0.1, -0.05) is 24.3 Å². The standard InChI is InChI=1S/C14H15N3O/c1-18-14-12(15)6-7-13(16-14)17-8-10-4-2-3-5-11(10)9-17/h2-7H,8-9,15H2,1H3. The number of ether oxygens (including phenoxy) is 1. The monoisotopic (exact) mass is 241 g/mol. The van der Waals surface area contributed by atoms with Crippen molar-refractivity contribution >= 4 is 11.5 Å². The number of benzene rings is 1. The van der Waals surface area contributed by atoms with Crippen LogP contribution < -0.4 is 15.4 Å². The van der Waals surface area contributed by atoms with Crippen LogP contribution in [0.15, 0.2) is 36.4 Å². The summed E-state index contributed by atoms with van der Waals surface area (Å²) in [6.07, 6.45) is 0. The molecule has 4 heteroatoms. The normalized spacial score (nSPS) is 13.5. The van der Waals surface area contributed by atoms with E-state index < -0.39 is 0 Å². The number of fused-ring (bicyclic) bond motifs is 1. The molecule has 2 aromatic rings. The van der Waals surface area contributed by atoms with E-state index in [2.05, 4.69) is 34.1 Å². The van der Waals surface area contributed by atoms with Crippen LogP contribution in [0.1, 0.15) is 11.1 Å². The van der Waals surface area contributed by atoms with Crippen molar-refractivity contribution in [3.8, 4) is 5.88 Å². The second kappa shape index (κ2) is 4.22. The lowest BCUT2D eigenvalue weighted by molar-refractivity contribution is 0.400. The minimum Gasteiger partial charge on any atom is -0.479 e. The van der Waals surface area contributed by atoms with Crippen LogP contribution >= 0.6 is 0 Å². The average Bonchev–Trinajstić information content (AvgIpc) is 2.83. The van der Waals surface area contributed by atoms with E-state index in [0.29, 0.717) is 11.6 Å². The number of nitrogens with zero attached hydrogens (tertiary/aromatic N) is 2. The van der Waals surface area contributed by atoms with Crippen LogP contribution in [-0.4, -0.2) is 12.1 Å². The van der Waals surface area contributed by atoms with Crippen molar-refractivity contribution in [3.05, 3.63) is 47.5 Å². The molecule has 0 radical (unpaired) electrons. The molecule has 1 aromatic carbocycles. The molecule has 0 spiro atoms. The molecular formula is C14H15N3O. The van der Waals surface area contributed by atoms with Crippen LogP contribution in [0.3, 0.4) is 0 Å². The van der Waals surface area contributed by atoms with Gasteiger partial charge in [0.05, 0.1) is 12.8 Å². The number of rotatable bonds is 2.